The van der Waals surface area contributed by atoms with Gasteiger partial charge in [0.25, 0.3) is 5.91 Å². The number of aliphatic imine (C=N–C) groups is 1. The van der Waals surface area contributed by atoms with E-state index in [2.05, 4.69) is 27.8 Å². The Labute approximate surface area is 157 Å². The van der Waals surface area contributed by atoms with E-state index < -0.39 is 5.91 Å². The Balaban J connectivity index is 1.86. The molecule has 6 nitrogen and oxygen atoms in total. The molecule has 0 radical (unpaired) electrons. The molecule has 2 aromatic carbocycles. The van der Waals surface area contributed by atoms with Crippen LogP contribution in [0.15, 0.2) is 47.5 Å². The molecule has 0 aliphatic heterocycles. The number of carbonyl (C=O) groups is 1. The molecule has 1 saturated carbocycles. The maximum absolute atomic E-state index is 12.3. The van der Waals surface area contributed by atoms with Crippen molar-refractivity contribution in [1.29, 1.82) is 0 Å². The molecule has 1 heterocycles. The van der Waals surface area contributed by atoms with Gasteiger partial charge in [0.05, 0.1) is 11.6 Å². The lowest BCUT2D eigenvalue weighted by molar-refractivity contribution is 0.0595. The summed E-state index contributed by atoms with van der Waals surface area (Å²) in [6.07, 6.45) is 4.54. The average Bonchev–Trinajstić information content (AvgIpc) is 3.01. The smallest absolute Gasteiger partial charge is 0.280 e. The van der Waals surface area contributed by atoms with E-state index in [1.54, 1.807) is 13.2 Å². The van der Waals surface area contributed by atoms with Gasteiger partial charge in [0.2, 0.25) is 0 Å². The average molecular weight is 364 g/mol. The molecule has 1 aromatic heterocycles. The molecule has 0 saturated heterocycles. The highest BCUT2D eigenvalue weighted by Gasteiger charge is 2.25. The Morgan fingerprint density at radius 1 is 1.04 bits per heavy atom. The van der Waals surface area contributed by atoms with Crippen molar-refractivity contribution in [3.05, 3.63) is 48.0 Å². The molecular formula is C21H24N4O2. The molecule has 1 aliphatic carbocycles. The van der Waals surface area contributed by atoms with E-state index >= 15 is 0 Å². The number of para-hydroxylation sites is 1. The number of nitrogens with zero attached hydrogens (tertiary/aromatic N) is 2. The summed E-state index contributed by atoms with van der Waals surface area (Å²) in [6, 6.07) is 14.5. The van der Waals surface area contributed by atoms with Gasteiger partial charge in [-0.15, -0.1) is 0 Å². The predicted molar refractivity (Wildman–Crippen MR) is 108 cm³/mol. The molecule has 0 unspecified atom stereocenters. The molecule has 6 heteroatoms. The normalized spacial score (nSPS) is 20.0. The standard InChI is InChI=1S/C21H24N4O2/c1-27-15-9-7-14(8-10-15)25-18-5-3-2-4-16(18)17-11-6-13(12-19(17)25)20(26)24-21(22)23/h2-6,11-12,14-15H,7-10H2,1H3,(H4,22,23,24,26). The van der Waals surface area contributed by atoms with Crippen LogP contribution in [-0.4, -0.2) is 29.6 Å². The Bertz CT molecular complexity index is 1030. The highest BCUT2D eigenvalue weighted by atomic mass is 16.5. The number of rotatable bonds is 3. The Morgan fingerprint density at radius 3 is 2.44 bits per heavy atom. The molecule has 0 spiro atoms. The molecule has 0 atom stereocenters. The van der Waals surface area contributed by atoms with Gasteiger partial charge in [-0.1, -0.05) is 24.3 Å². The molecule has 4 N–H and O–H groups in total. The van der Waals surface area contributed by atoms with E-state index in [4.69, 9.17) is 16.2 Å². The SMILES string of the molecule is COC1CCC(n2c3ccccc3c3ccc(C(=O)N=C(N)N)cc32)CC1. The number of carbonyl (C=O) groups excluding carboxylic acids is 1. The number of methoxy groups -OCH3 is 1. The van der Waals surface area contributed by atoms with Gasteiger partial charge in [0.1, 0.15) is 0 Å². The highest BCUT2D eigenvalue weighted by Crippen LogP contribution is 2.38. The molecule has 1 fully saturated rings. The topological polar surface area (TPSA) is 95.6 Å². The molecular weight excluding hydrogens is 340 g/mol. The van der Waals surface area contributed by atoms with E-state index in [0.717, 1.165) is 36.6 Å². The molecule has 0 bridgehead atoms. The van der Waals surface area contributed by atoms with Crippen molar-refractivity contribution >= 4 is 33.7 Å². The van der Waals surface area contributed by atoms with E-state index in [1.165, 1.54) is 10.9 Å². The van der Waals surface area contributed by atoms with Gasteiger partial charge >= 0.3 is 0 Å². The Kier molecular flexibility index (Phi) is 4.58. The third-order valence-corrected chi connectivity index (χ3v) is 5.53. The maximum atomic E-state index is 12.3. The largest absolute Gasteiger partial charge is 0.381 e. The zero-order valence-electron chi connectivity index (χ0n) is 15.4. The van der Waals surface area contributed by atoms with Gasteiger partial charge in [0, 0.05) is 35.0 Å². The maximum Gasteiger partial charge on any atom is 0.280 e. The number of ether oxygens (including phenoxy) is 1. The van der Waals surface area contributed by atoms with Crippen molar-refractivity contribution in [2.24, 2.45) is 16.5 Å². The zero-order chi connectivity index (χ0) is 19.0. The van der Waals surface area contributed by atoms with Gasteiger partial charge in [-0.05, 0) is 43.9 Å². The monoisotopic (exact) mass is 364 g/mol. The van der Waals surface area contributed by atoms with Gasteiger partial charge < -0.3 is 20.8 Å². The summed E-state index contributed by atoms with van der Waals surface area (Å²) in [5.41, 5.74) is 13.5. The molecule has 27 heavy (non-hydrogen) atoms. The van der Waals surface area contributed by atoms with Crippen LogP contribution in [0.1, 0.15) is 42.1 Å². The highest BCUT2D eigenvalue weighted by molar-refractivity contribution is 6.11. The number of hydrogen-bond donors (Lipinski definition) is 2. The van der Waals surface area contributed by atoms with Crippen LogP contribution in [0.5, 0.6) is 0 Å². The summed E-state index contributed by atoms with van der Waals surface area (Å²) in [4.78, 5) is 16.0. The minimum Gasteiger partial charge on any atom is -0.381 e. The van der Waals surface area contributed by atoms with Crippen molar-refractivity contribution in [2.75, 3.05) is 7.11 Å². The quantitative estimate of drug-likeness (QED) is 0.550. The minimum atomic E-state index is -0.420. The first-order valence-corrected chi connectivity index (χ1v) is 9.28. The summed E-state index contributed by atoms with van der Waals surface area (Å²) < 4.78 is 7.90. The van der Waals surface area contributed by atoms with Crippen LogP contribution in [0.25, 0.3) is 21.8 Å². The lowest BCUT2D eigenvalue weighted by Gasteiger charge is -2.30. The molecule has 140 valence electrons. The first-order chi connectivity index (χ1) is 13.1. The molecule has 1 amide bonds. The molecule has 4 rings (SSSR count). The summed E-state index contributed by atoms with van der Waals surface area (Å²) in [7, 11) is 1.78. The van der Waals surface area contributed by atoms with Gasteiger partial charge in [-0.2, -0.15) is 4.99 Å². The van der Waals surface area contributed by atoms with E-state index in [0.29, 0.717) is 17.7 Å². The Morgan fingerprint density at radius 2 is 1.74 bits per heavy atom. The van der Waals surface area contributed by atoms with Crippen molar-refractivity contribution in [3.8, 4) is 0 Å². The molecule has 1 aliphatic rings. The van der Waals surface area contributed by atoms with Crippen molar-refractivity contribution < 1.29 is 9.53 Å². The second kappa shape index (κ2) is 7.04. The van der Waals surface area contributed by atoms with Crippen LogP contribution in [0.3, 0.4) is 0 Å². The lowest BCUT2D eigenvalue weighted by atomic mass is 9.92. The van der Waals surface area contributed by atoms with Gasteiger partial charge in [-0.25, -0.2) is 0 Å². The van der Waals surface area contributed by atoms with E-state index in [1.807, 2.05) is 18.2 Å². The van der Waals surface area contributed by atoms with E-state index in [-0.39, 0.29) is 5.96 Å². The number of guanidine groups is 1. The number of fused-ring (bicyclic) bond motifs is 3. The number of hydrogen-bond acceptors (Lipinski definition) is 2. The fraction of sp³-hybridized carbons (Fsp3) is 0.333. The predicted octanol–water partition coefficient (Wildman–Crippen LogP) is 3.34. The van der Waals surface area contributed by atoms with E-state index in [9.17, 15) is 4.79 Å². The number of nitrogens with two attached hydrogens (primary N) is 2. The summed E-state index contributed by atoms with van der Waals surface area (Å²) in [5.74, 6) is -0.643. The zero-order valence-corrected chi connectivity index (χ0v) is 15.4. The first kappa shape index (κ1) is 17.5. The second-order valence-electron chi connectivity index (χ2n) is 7.13. The first-order valence-electron chi connectivity index (χ1n) is 9.28. The fourth-order valence-corrected chi connectivity index (χ4v) is 4.25. The van der Waals surface area contributed by atoms with Crippen molar-refractivity contribution in [3.63, 3.8) is 0 Å². The van der Waals surface area contributed by atoms with Crippen LogP contribution in [-0.2, 0) is 4.74 Å². The third kappa shape index (κ3) is 3.17. The van der Waals surface area contributed by atoms with Crippen LogP contribution in [0, 0.1) is 0 Å². The number of benzene rings is 2. The number of amides is 1. The van der Waals surface area contributed by atoms with Crippen molar-refractivity contribution in [2.45, 2.75) is 37.8 Å². The van der Waals surface area contributed by atoms with Crippen LogP contribution < -0.4 is 11.5 Å². The van der Waals surface area contributed by atoms with Crippen molar-refractivity contribution in [1.82, 2.24) is 4.57 Å². The number of aromatic nitrogens is 1. The summed E-state index contributed by atoms with van der Waals surface area (Å²) in [5, 5.41) is 2.34. The fourth-order valence-electron chi connectivity index (χ4n) is 4.25. The summed E-state index contributed by atoms with van der Waals surface area (Å²) in [6.45, 7) is 0. The van der Waals surface area contributed by atoms with Crippen LogP contribution >= 0.6 is 0 Å². The van der Waals surface area contributed by atoms with Crippen LogP contribution in [0.4, 0.5) is 0 Å². The summed E-state index contributed by atoms with van der Waals surface area (Å²) >= 11 is 0. The second-order valence-corrected chi connectivity index (χ2v) is 7.13. The molecule has 3 aromatic rings. The minimum absolute atomic E-state index is 0.224. The third-order valence-electron chi connectivity index (χ3n) is 5.53. The Hall–Kier alpha value is -2.86. The van der Waals surface area contributed by atoms with Gasteiger partial charge in [0.15, 0.2) is 5.96 Å². The van der Waals surface area contributed by atoms with Crippen LogP contribution in [0.2, 0.25) is 0 Å². The van der Waals surface area contributed by atoms with Gasteiger partial charge in [-0.3, -0.25) is 4.79 Å². The lowest BCUT2D eigenvalue weighted by Crippen LogP contribution is -2.24.